The number of unbranched alkanes of at least 4 members (excludes halogenated alkanes) is 1. The number of carbonyl (C=O) groups excluding carboxylic acids is 1. The molecule has 0 saturated carbocycles. The molecule has 0 amide bonds. The highest BCUT2D eigenvalue weighted by Gasteiger charge is 2.96. The molecule has 0 fully saturated rings. The van der Waals surface area contributed by atoms with Gasteiger partial charge in [-0.2, -0.15) is 83.1 Å². The Labute approximate surface area is 212 Å². The largest absolute Gasteiger partial charge is 0.461 e. The number of sulfonamides is 1. The summed E-state index contributed by atoms with van der Waals surface area (Å²) in [5.41, 5.74) is -1.86. The highest BCUT2D eigenvalue weighted by Crippen LogP contribution is 2.64. The number of carbonyl (C=O) groups is 1. The molecule has 0 heterocycles. The van der Waals surface area contributed by atoms with Crippen molar-refractivity contribution in [2.75, 3.05) is 13.2 Å². The van der Waals surface area contributed by atoms with Crippen molar-refractivity contribution in [1.82, 2.24) is 4.31 Å². The van der Waals surface area contributed by atoms with Gasteiger partial charge in [0.2, 0.25) is 0 Å². The summed E-state index contributed by atoms with van der Waals surface area (Å²) in [5.74, 6) is -54.3. The number of esters is 1. The zero-order valence-electron chi connectivity index (χ0n) is 19.4. The fraction of sp³-hybridized carbons (Fsp3) is 0.824. The Bertz CT molecular complexity index is 1050. The lowest BCUT2D eigenvalue weighted by Crippen LogP contribution is -2.75. The quantitative estimate of drug-likeness (QED) is 0.123. The molecule has 0 aliphatic carbocycles. The van der Waals surface area contributed by atoms with Crippen molar-refractivity contribution in [3.05, 3.63) is 12.3 Å². The second-order valence-corrected chi connectivity index (χ2v) is 9.46. The van der Waals surface area contributed by atoms with E-state index in [9.17, 15) is 87.8 Å². The number of nitrogens with zero attached hydrogens (tertiary/aromatic N) is 1. The SMILES string of the molecule is C=C(C(=O)OCC)N(CCCC)S(=O)(=O)C(F)(F)C(F)(F)C(F)(F)C(F)(F)C(F)(F)C(F)(F)C(F)(F)C(F)(F)F. The number of halogens is 17. The van der Waals surface area contributed by atoms with Crippen molar-refractivity contribution >= 4 is 16.0 Å². The number of rotatable bonds is 14. The monoisotopic (exact) mass is 653 g/mol. The molecule has 0 aromatic rings. The Morgan fingerprint density at radius 1 is 0.675 bits per heavy atom. The number of alkyl halides is 17. The minimum Gasteiger partial charge on any atom is -0.461 e. The van der Waals surface area contributed by atoms with Crippen LogP contribution in [0.1, 0.15) is 26.7 Å². The summed E-state index contributed by atoms with van der Waals surface area (Å²) in [6.07, 6.45) is -8.88. The second kappa shape index (κ2) is 10.9. The van der Waals surface area contributed by atoms with Gasteiger partial charge >= 0.3 is 63.0 Å². The fourth-order valence-electron chi connectivity index (χ4n) is 2.47. The average molecular weight is 653 g/mol. The van der Waals surface area contributed by atoms with Crippen LogP contribution >= 0.6 is 0 Å². The second-order valence-electron chi connectivity index (χ2n) is 7.56. The van der Waals surface area contributed by atoms with Crippen LogP contribution in [-0.2, 0) is 19.6 Å². The Hall–Kier alpha value is -2.23. The van der Waals surface area contributed by atoms with Crippen LogP contribution in [-0.4, -0.2) is 78.8 Å². The fourth-order valence-corrected chi connectivity index (χ4v) is 3.93. The maximum absolute atomic E-state index is 14.5. The minimum atomic E-state index is -8.95. The van der Waals surface area contributed by atoms with Gasteiger partial charge in [0, 0.05) is 6.54 Å². The van der Waals surface area contributed by atoms with E-state index in [0.29, 0.717) is 0 Å². The first-order valence-electron chi connectivity index (χ1n) is 9.94. The lowest BCUT2D eigenvalue weighted by molar-refractivity contribution is -0.458. The predicted molar refractivity (Wildman–Crippen MR) is 97.0 cm³/mol. The third kappa shape index (κ3) is 5.25. The Morgan fingerprint density at radius 3 is 1.35 bits per heavy atom. The molecule has 0 bridgehead atoms. The average Bonchev–Trinajstić information content (AvgIpc) is 2.77. The summed E-state index contributed by atoms with van der Waals surface area (Å²) in [4.78, 5) is 11.7. The first kappa shape index (κ1) is 37.8. The summed E-state index contributed by atoms with van der Waals surface area (Å²) in [7, 11) is -7.69. The van der Waals surface area contributed by atoms with Gasteiger partial charge in [-0.1, -0.05) is 19.9 Å². The molecule has 0 atom stereocenters. The van der Waals surface area contributed by atoms with Gasteiger partial charge in [-0.05, 0) is 13.3 Å². The molecule has 238 valence electrons. The molecular weight excluding hydrogens is 637 g/mol. The van der Waals surface area contributed by atoms with Gasteiger partial charge in [0.25, 0.3) is 0 Å². The molecule has 23 heteroatoms. The van der Waals surface area contributed by atoms with Gasteiger partial charge in [0.1, 0.15) is 5.70 Å². The van der Waals surface area contributed by atoms with Gasteiger partial charge in [-0.3, -0.25) is 4.31 Å². The molecule has 5 nitrogen and oxygen atoms in total. The molecule has 40 heavy (non-hydrogen) atoms. The summed E-state index contributed by atoms with van der Waals surface area (Å²) in [5, 5.41) is -7.80. The Balaban J connectivity index is 7.20. The van der Waals surface area contributed by atoms with Gasteiger partial charge in [-0.15, -0.1) is 0 Å². The van der Waals surface area contributed by atoms with Crippen LogP contribution in [0.25, 0.3) is 0 Å². The van der Waals surface area contributed by atoms with Crippen LogP contribution in [0.5, 0.6) is 0 Å². The molecule has 0 saturated heterocycles. The smallest absolute Gasteiger partial charge is 0.460 e. The zero-order valence-corrected chi connectivity index (χ0v) is 20.3. The van der Waals surface area contributed by atoms with Gasteiger partial charge in [-0.25, -0.2) is 4.79 Å². The van der Waals surface area contributed by atoms with Crippen LogP contribution < -0.4 is 0 Å². The molecule has 0 aromatic carbocycles. The van der Waals surface area contributed by atoms with Crippen LogP contribution in [0.4, 0.5) is 74.6 Å². The van der Waals surface area contributed by atoms with Gasteiger partial charge in [0.05, 0.1) is 6.61 Å². The molecule has 0 rings (SSSR count). The number of hydrogen-bond donors (Lipinski definition) is 0. The third-order valence-electron chi connectivity index (χ3n) is 4.83. The summed E-state index contributed by atoms with van der Waals surface area (Å²) >= 11 is 0. The standard InChI is InChI=1S/C17H16F17NO4S/c1-4-6-7-35(8(3)9(36)39-5-2)40(37,38)17(33,34)15(28,29)13(24,25)11(20,21)10(18,19)12(22,23)14(26,27)16(30,31)32/h3-7H2,1-2H3. The topological polar surface area (TPSA) is 63.7 Å². The molecule has 0 aromatic heterocycles. The van der Waals surface area contributed by atoms with E-state index < -0.39 is 92.5 Å². The molecule has 0 aliphatic rings. The number of hydrogen-bond acceptors (Lipinski definition) is 4. The Morgan fingerprint density at radius 2 is 1.02 bits per heavy atom. The maximum atomic E-state index is 14.5. The van der Waals surface area contributed by atoms with Gasteiger partial charge in [0.15, 0.2) is 0 Å². The maximum Gasteiger partial charge on any atom is 0.460 e. The van der Waals surface area contributed by atoms with Crippen LogP contribution in [0, 0.1) is 0 Å². The van der Waals surface area contributed by atoms with Gasteiger partial charge < -0.3 is 4.74 Å². The van der Waals surface area contributed by atoms with Crippen molar-refractivity contribution < 1.29 is 92.6 Å². The Kier molecular flexibility index (Phi) is 10.3. The molecule has 0 spiro atoms. The van der Waals surface area contributed by atoms with Crippen LogP contribution in [0.15, 0.2) is 12.3 Å². The van der Waals surface area contributed by atoms with Crippen LogP contribution in [0.3, 0.4) is 0 Å². The highest BCUT2D eigenvalue weighted by molar-refractivity contribution is 7.90. The number of ether oxygens (including phenoxy) is 1. The predicted octanol–water partition coefficient (Wildman–Crippen LogP) is 6.46. The lowest BCUT2D eigenvalue weighted by Gasteiger charge is -2.43. The van der Waals surface area contributed by atoms with E-state index >= 15 is 0 Å². The normalized spacial score (nSPS) is 15.2. The molecule has 0 unspecified atom stereocenters. The van der Waals surface area contributed by atoms with Crippen molar-refractivity contribution in [3.63, 3.8) is 0 Å². The third-order valence-corrected chi connectivity index (χ3v) is 6.72. The highest BCUT2D eigenvalue weighted by atomic mass is 32.2. The summed E-state index contributed by atoms with van der Waals surface area (Å²) in [6.45, 7) is 2.48. The van der Waals surface area contributed by atoms with Crippen molar-refractivity contribution in [1.29, 1.82) is 0 Å². The van der Waals surface area contributed by atoms with Crippen molar-refractivity contribution in [2.45, 2.75) is 73.7 Å². The lowest BCUT2D eigenvalue weighted by atomic mass is 9.91. The van der Waals surface area contributed by atoms with E-state index in [-0.39, 0.29) is 6.42 Å². The first-order valence-corrected chi connectivity index (χ1v) is 11.4. The van der Waals surface area contributed by atoms with E-state index in [1.807, 2.05) is 0 Å². The van der Waals surface area contributed by atoms with E-state index in [1.165, 1.54) is 0 Å². The molecular formula is C17H16F17NO4S. The van der Waals surface area contributed by atoms with Crippen LogP contribution in [0.2, 0.25) is 0 Å². The summed E-state index contributed by atoms with van der Waals surface area (Å²) < 4.78 is 256. The molecule has 0 aliphatic heterocycles. The van der Waals surface area contributed by atoms with Crippen molar-refractivity contribution in [2.24, 2.45) is 0 Å². The van der Waals surface area contributed by atoms with E-state index in [1.54, 1.807) is 0 Å². The summed E-state index contributed by atoms with van der Waals surface area (Å²) in [6, 6.07) is 0. The van der Waals surface area contributed by atoms with E-state index in [0.717, 1.165) is 13.8 Å². The first-order chi connectivity index (χ1) is 17.3. The molecule has 0 radical (unpaired) electrons. The van der Waals surface area contributed by atoms with E-state index in [2.05, 4.69) is 11.3 Å². The molecule has 0 N–H and O–H groups in total. The van der Waals surface area contributed by atoms with E-state index in [4.69, 9.17) is 0 Å². The zero-order chi connectivity index (χ0) is 32.8. The minimum absolute atomic E-state index is 0.257. The van der Waals surface area contributed by atoms with Crippen molar-refractivity contribution in [3.8, 4) is 0 Å².